The molecule has 0 spiro atoms. The lowest BCUT2D eigenvalue weighted by Crippen LogP contribution is -2.41. The average Bonchev–Trinajstić information content (AvgIpc) is 2.49. The van der Waals surface area contributed by atoms with Crippen LogP contribution in [0.5, 0.6) is 0 Å². The van der Waals surface area contributed by atoms with E-state index in [0.29, 0.717) is 0 Å². The van der Waals surface area contributed by atoms with E-state index < -0.39 is 37.2 Å². The van der Waals surface area contributed by atoms with Crippen LogP contribution in [0.2, 0.25) is 19.6 Å². The van der Waals surface area contributed by atoms with Gasteiger partial charge in [0.1, 0.15) is 6.07 Å². The number of halogens is 4. The van der Waals surface area contributed by atoms with Crippen molar-refractivity contribution in [1.82, 2.24) is 0 Å². The smallest absolute Gasteiger partial charge is 0.196 e. The predicted octanol–water partition coefficient (Wildman–Crippen LogP) is 4.86. The van der Waals surface area contributed by atoms with Gasteiger partial charge in [0.15, 0.2) is 37.2 Å². The first-order chi connectivity index (χ1) is 11.1. The average molecular weight is 353 g/mol. The molecule has 0 radical (unpaired) electrons. The lowest BCUT2D eigenvalue weighted by Gasteiger charge is -2.34. The summed E-state index contributed by atoms with van der Waals surface area (Å²) < 4.78 is 59.8. The highest BCUT2D eigenvalue weighted by Gasteiger charge is 2.41. The van der Waals surface area contributed by atoms with Crippen LogP contribution in [0.3, 0.4) is 0 Å². The standard InChI is InChI=1S/C17H15F4NOSi/c1-24(2,3)23-17(10-22,11-4-6-13(18)15(20)8-11)12-5-7-14(19)16(21)9-12/h4-9H,1-3H3. The van der Waals surface area contributed by atoms with Gasteiger partial charge in [-0.15, -0.1) is 0 Å². The second-order valence-corrected chi connectivity index (χ2v) is 10.7. The molecular weight excluding hydrogens is 338 g/mol. The number of nitriles is 1. The lowest BCUT2D eigenvalue weighted by molar-refractivity contribution is 0.162. The van der Waals surface area contributed by atoms with E-state index in [1.807, 2.05) is 6.07 Å². The first-order valence-electron chi connectivity index (χ1n) is 7.11. The summed E-state index contributed by atoms with van der Waals surface area (Å²) in [6.07, 6.45) is 0. The van der Waals surface area contributed by atoms with Crippen LogP contribution in [0, 0.1) is 34.6 Å². The highest BCUT2D eigenvalue weighted by atomic mass is 28.4. The zero-order valence-electron chi connectivity index (χ0n) is 13.3. The topological polar surface area (TPSA) is 33.0 Å². The maximum atomic E-state index is 13.7. The van der Waals surface area contributed by atoms with Crippen molar-refractivity contribution in [2.24, 2.45) is 0 Å². The molecule has 7 heteroatoms. The molecular formula is C17H15F4NOSi. The molecule has 0 saturated heterocycles. The zero-order valence-corrected chi connectivity index (χ0v) is 14.3. The summed E-state index contributed by atoms with van der Waals surface area (Å²) in [5.74, 6) is -4.48. The number of hydrogen-bond acceptors (Lipinski definition) is 2. The largest absolute Gasteiger partial charge is 0.393 e. The molecule has 0 atom stereocenters. The molecule has 0 amide bonds. The van der Waals surface area contributed by atoms with E-state index in [1.54, 1.807) is 19.6 Å². The zero-order chi connectivity index (χ0) is 18.1. The van der Waals surface area contributed by atoms with Crippen LogP contribution in [0.1, 0.15) is 11.1 Å². The number of benzene rings is 2. The summed E-state index contributed by atoms with van der Waals surface area (Å²) >= 11 is 0. The maximum Gasteiger partial charge on any atom is 0.196 e. The van der Waals surface area contributed by atoms with Crippen molar-refractivity contribution >= 4 is 8.32 Å². The van der Waals surface area contributed by atoms with Gasteiger partial charge in [0.25, 0.3) is 0 Å². The first kappa shape index (κ1) is 18.2. The van der Waals surface area contributed by atoms with Crippen LogP contribution in [0.15, 0.2) is 36.4 Å². The molecule has 2 rings (SSSR count). The third-order valence-corrected chi connectivity index (χ3v) is 4.19. The van der Waals surface area contributed by atoms with Gasteiger partial charge in [-0.05, 0) is 43.9 Å². The summed E-state index contributed by atoms with van der Waals surface area (Å²) in [7, 11) is -2.40. The van der Waals surface area contributed by atoms with Gasteiger partial charge in [-0.25, -0.2) is 17.6 Å². The Kier molecular flexibility index (Phi) is 4.83. The third kappa shape index (κ3) is 3.50. The Hall–Kier alpha value is -2.17. The van der Waals surface area contributed by atoms with Crippen LogP contribution >= 0.6 is 0 Å². The molecule has 2 aromatic carbocycles. The number of rotatable bonds is 4. The Morgan fingerprint density at radius 3 is 1.54 bits per heavy atom. The summed E-state index contributed by atoms with van der Waals surface area (Å²) in [5, 5.41) is 9.78. The summed E-state index contributed by atoms with van der Waals surface area (Å²) in [5.41, 5.74) is -1.84. The molecule has 0 saturated carbocycles. The lowest BCUT2D eigenvalue weighted by atomic mass is 9.87. The molecule has 0 fully saturated rings. The van der Waals surface area contributed by atoms with Gasteiger partial charge in [-0.3, -0.25) is 0 Å². The van der Waals surface area contributed by atoms with Crippen molar-refractivity contribution in [3.8, 4) is 6.07 Å². The van der Waals surface area contributed by atoms with E-state index in [4.69, 9.17) is 4.43 Å². The normalized spacial score (nSPS) is 12.1. The van der Waals surface area contributed by atoms with E-state index in [9.17, 15) is 22.8 Å². The third-order valence-electron chi connectivity index (χ3n) is 3.27. The van der Waals surface area contributed by atoms with Gasteiger partial charge < -0.3 is 4.43 Å². The fourth-order valence-electron chi connectivity index (χ4n) is 2.33. The molecule has 0 aromatic heterocycles. The molecule has 24 heavy (non-hydrogen) atoms. The summed E-state index contributed by atoms with van der Waals surface area (Å²) in [4.78, 5) is 0. The summed E-state index contributed by atoms with van der Waals surface area (Å²) in [6.45, 7) is 5.37. The van der Waals surface area contributed by atoms with Crippen LogP contribution in [0.25, 0.3) is 0 Å². The predicted molar refractivity (Wildman–Crippen MR) is 83.5 cm³/mol. The van der Waals surface area contributed by atoms with Gasteiger partial charge in [-0.2, -0.15) is 5.26 Å². The Morgan fingerprint density at radius 2 is 1.25 bits per heavy atom. The van der Waals surface area contributed by atoms with E-state index in [-0.39, 0.29) is 11.1 Å². The molecule has 2 aromatic rings. The Balaban J connectivity index is 2.75. The Bertz CT molecular complexity index is 760. The second-order valence-electron chi connectivity index (χ2n) is 6.27. The molecule has 0 unspecified atom stereocenters. The monoisotopic (exact) mass is 353 g/mol. The number of hydrogen-bond donors (Lipinski definition) is 0. The van der Waals surface area contributed by atoms with Crippen molar-refractivity contribution in [1.29, 1.82) is 5.26 Å². The molecule has 0 aliphatic heterocycles. The molecule has 0 N–H and O–H groups in total. The van der Waals surface area contributed by atoms with Crippen LogP contribution in [-0.4, -0.2) is 8.32 Å². The Labute approximate surface area is 138 Å². The van der Waals surface area contributed by atoms with E-state index in [2.05, 4.69) is 0 Å². The van der Waals surface area contributed by atoms with Crippen LogP contribution in [0.4, 0.5) is 17.6 Å². The fourth-order valence-corrected chi connectivity index (χ4v) is 3.53. The van der Waals surface area contributed by atoms with Crippen molar-refractivity contribution in [2.75, 3.05) is 0 Å². The highest BCUT2D eigenvalue weighted by Crippen LogP contribution is 2.37. The maximum absolute atomic E-state index is 13.7. The first-order valence-corrected chi connectivity index (χ1v) is 10.5. The highest BCUT2D eigenvalue weighted by molar-refractivity contribution is 6.69. The number of nitrogens with zero attached hydrogens (tertiary/aromatic N) is 1. The van der Waals surface area contributed by atoms with Crippen molar-refractivity contribution in [3.63, 3.8) is 0 Å². The summed E-state index contributed by atoms with van der Waals surface area (Å²) in [6, 6.07) is 7.72. The van der Waals surface area contributed by atoms with Gasteiger partial charge in [0.2, 0.25) is 0 Å². The molecule has 0 aliphatic carbocycles. The molecule has 0 aliphatic rings. The molecule has 0 heterocycles. The molecule has 126 valence electrons. The fraction of sp³-hybridized carbons (Fsp3) is 0.235. The minimum Gasteiger partial charge on any atom is -0.393 e. The minimum absolute atomic E-state index is 0.0114. The Morgan fingerprint density at radius 1 is 0.833 bits per heavy atom. The van der Waals surface area contributed by atoms with Gasteiger partial charge in [-0.1, -0.05) is 12.1 Å². The van der Waals surface area contributed by atoms with Crippen molar-refractivity contribution < 1.29 is 22.0 Å². The molecule has 2 nitrogen and oxygen atoms in total. The van der Waals surface area contributed by atoms with Gasteiger partial charge in [0.05, 0.1) is 0 Å². The van der Waals surface area contributed by atoms with Gasteiger partial charge >= 0.3 is 0 Å². The SMILES string of the molecule is C[Si](C)(C)OC(C#N)(c1ccc(F)c(F)c1)c1ccc(F)c(F)c1. The van der Waals surface area contributed by atoms with E-state index in [0.717, 1.165) is 24.3 Å². The minimum atomic E-state index is -2.40. The van der Waals surface area contributed by atoms with Crippen LogP contribution in [-0.2, 0) is 10.0 Å². The van der Waals surface area contributed by atoms with Crippen molar-refractivity contribution in [3.05, 3.63) is 70.8 Å². The van der Waals surface area contributed by atoms with Crippen molar-refractivity contribution in [2.45, 2.75) is 25.2 Å². The van der Waals surface area contributed by atoms with E-state index in [1.165, 1.54) is 12.1 Å². The molecule has 0 bridgehead atoms. The second kappa shape index (κ2) is 6.38. The van der Waals surface area contributed by atoms with Crippen LogP contribution < -0.4 is 0 Å². The van der Waals surface area contributed by atoms with E-state index >= 15 is 0 Å². The van der Waals surface area contributed by atoms with Gasteiger partial charge in [0, 0.05) is 11.1 Å². The quantitative estimate of drug-likeness (QED) is 0.581.